The number of aryl methyl sites for hydroxylation is 1. The second-order valence-electron chi connectivity index (χ2n) is 13.4. The molecule has 14 heteroatoms. The van der Waals surface area contributed by atoms with Crippen molar-refractivity contribution in [2.24, 2.45) is 11.7 Å². The highest BCUT2D eigenvalue weighted by Crippen LogP contribution is 2.26. The van der Waals surface area contributed by atoms with E-state index in [-0.39, 0.29) is 18.4 Å². The largest absolute Gasteiger partial charge is 0.464 e. The molecule has 1 atom stereocenters. The Balaban J connectivity index is 1.05. The van der Waals surface area contributed by atoms with E-state index in [2.05, 4.69) is 31.6 Å². The quantitative estimate of drug-likeness (QED) is 0.0927. The first-order valence-corrected chi connectivity index (χ1v) is 18.2. The van der Waals surface area contributed by atoms with Gasteiger partial charge < -0.3 is 36.6 Å². The van der Waals surface area contributed by atoms with Crippen LogP contribution in [-0.4, -0.2) is 100 Å². The summed E-state index contributed by atoms with van der Waals surface area (Å²) in [6.45, 7) is 5.94. The third-order valence-corrected chi connectivity index (χ3v) is 9.48. The summed E-state index contributed by atoms with van der Waals surface area (Å²) in [5.74, 6) is 1.36. The number of esters is 1. The number of aromatic nitrogens is 5. The molecule has 0 bridgehead atoms. The summed E-state index contributed by atoms with van der Waals surface area (Å²) in [5, 5.41) is 23.1. The summed E-state index contributed by atoms with van der Waals surface area (Å²) in [4.78, 5) is 36.8. The molecule has 1 aliphatic carbocycles. The Morgan fingerprint density at radius 2 is 1.82 bits per heavy atom. The molecule has 1 aromatic carbocycles. The van der Waals surface area contributed by atoms with Crippen LogP contribution in [-0.2, 0) is 27.4 Å². The number of amides is 1. The predicted octanol–water partition coefficient (Wildman–Crippen LogP) is 3.06. The summed E-state index contributed by atoms with van der Waals surface area (Å²) in [6, 6.07) is 7.34. The summed E-state index contributed by atoms with van der Waals surface area (Å²) in [7, 11) is 1.97. The number of anilines is 2. The normalized spacial score (nSPS) is 16.5. The van der Waals surface area contributed by atoms with Gasteiger partial charge in [-0.1, -0.05) is 36.6 Å². The van der Waals surface area contributed by atoms with Crippen molar-refractivity contribution in [3.05, 3.63) is 36.2 Å². The molecular formula is C35H55N11O3. The number of nitrogens with zero attached hydrogens (tertiary/aromatic N) is 6. The van der Waals surface area contributed by atoms with Gasteiger partial charge in [-0.2, -0.15) is 4.98 Å². The van der Waals surface area contributed by atoms with Crippen LogP contribution in [0, 0.1) is 5.92 Å². The van der Waals surface area contributed by atoms with Gasteiger partial charge in [0.15, 0.2) is 0 Å². The lowest BCUT2D eigenvalue weighted by Gasteiger charge is -2.33. The maximum Gasteiger partial charge on any atom is 0.322 e. The van der Waals surface area contributed by atoms with Crippen LogP contribution < -0.4 is 27.0 Å². The SMILES string of the molecule is CNCCCNCCCn1cc(CNc2nc(NC3CCN(C(=O)CC[C@H](N)C(=O)OCC4CCCCC4)CC3)c3ccccc3n2)nn1. The average molecular weight is 678 g/mol. The molecule has 0 spiro atoms. The van der Waals surface area contributed by atoms with Gasteiger partial charge in [-0.25, -0.2) is 4.98 Å². The van der Waals surface area contributed by atoms with E-state index in [1.54, 1.807) is 0 Å². The van der Waals surface area contributed by atoms with E-state index in [9.17, 15) is 9.59 Å². The predicted molar refractivity (Wildman–Crippen MR) is 191 cm³/mol. The topological polar surface area (TPSA) is 177 Å². The minimum atomic E-state index is -0.765. The highest BCUT2D eigenvalue weighted by molar-refractivity contribution is 5.90. The maximum absolute atomic E-state index is 13.0. The van der Waals surface area contributed by atoms with E-state index >= 15 is 0 Å². The molecule has 6 N–H and O–H groups in total. The van der Waals surface area contributed by atoms with Crippen LogP contribution in [0.1, 0.15) is 76.3 Å². The van der Waals surface area contributed by atoms with Crippen molar-refractivity contribution in [2.75, 3.05) is 57.0 Å². The van der Waals surface area contributed by atoms with Crippen LogP contribution in [0.25, 0.3) is 10.9 Å². The van der Waals surface area contributed by atoms with Gasteiger partial charge in [0.25, 0.3) is 0 Å². The third-order valence-electron chi connectivity index (χ3n) is 9.48. The van der Waals surface area contributed by atoms with Gasteiger partial charge in [-0.3, -0.25) is 14.3 Å². The van der Waals surface area contributed by atoms with Crippen molar-refractivity contribution >= 4 is 34.5 Å². The van der Waals surface area contributed by atoms with Gasteiger partial charge in [-0.15, -0.1) is 5.10 Å². The zero-order valence-corrected chi connectivity index (χ0v) is 29.0. The van der Waals surface area contributed by atoms with E-state index in [0.717, 1.165) is 87.1 Å². The van der Waals surface area contributed by atoms with Gasteiger partial charge in [-0.05, 0) is 89.7 Å². The van der Waals surface area contributed by atoms with Crippen molar-refractivity contribution in [3.8, 4) is 0 Å². The number of likely N-dealkylation sites (tertiary alicyclic amines) is 1. The molecule has 1 saturated heterocycles. The van der Waals surface area contributed by atoms with Gasteiger partial charge in [0, 0.05) is 37.5 Å². The zero-order valence-electron chi connectivity index (χ0n) is 29.0. The molecule has 1 saturated carbocycles. The number of nitrogens with two attached hydrogens (primary N) is 1. The number of carbonyl (C=O) groups is 2. The molecule has 268 valence electrons. The first kappa shape index (κ1) is 36.4. The molecule has 49 heavy (non-hydrogen) atoms. The number of rotatable bonds is 19. The number of ether oxygens (including phenoxy) is 1. The molecule has 2 aliphatic rings. The lowest BCUT2D eigenvalue weighted by atomic mass is 9.90. The highest BCUT2D eigenvalue weighted by Gasteiger charge is 2.26. The average Bonchev–Trinajstić information content (AvgIpc) is 3.59. The van der Waals surface area contributed by atoms with Crippen LogP contribution in [0.5, 0.6) is 0 Å². The van der Waals surface area contributed by atoms with Crippen molar-refractivity contribution in [3.63, 3.8) is 0 Å². The van der Waals surface area contributed by atoms with E-state index in [1.165, 1.54) is 19.3 Å². The first-order valence-electron chi connectivity index (χ1n) is 18.2. The van der Waals surface area contributed by atoms with E-state index in [1.807, 2.05) is 47.1 Å². The van der Waals surface area contributed by atoms with Gasteiger partial charge in [0.1, 0.15) is 17.6 Å². The maximum atomic E-state index is 13.0. The summed E-state index contributed by atoms with van der Waals surface area (Å²) in [6.07, 6.45) is 12.1. The molecule has 3 aromatic rings. The van der Waals surface area contributed by atoms with E-state index in [0.29, 0.717) is 44.5 Å². The third kappa shape index (κ3) is 11.6. The molecule has 1 aliphatic heterocycles. The Kier molecular flexibility index (Phi) is 14.4. The Bertz CT molecular complexity index is 1450. The Labute approximate surface area is 289 Å². The highest BCUT2D eigenvalue weighted by atomic mass is 16.5. The Morgan fingerprint density at radius 3 is 2.63 bits per heavy atom. The van der Waals surface area contributed by atoms with Crippen LogP contribution in [0.3, 0.4) is 0 Å². The summed E-state index contributed by atoms with van der Waals surface area (Å²) in [5.41, 5.74) is 7.75. The number of fused-ring (bicyclic) bond motifs is 1. The molecule has 3 heterocycles. The van der Waals surface area contributed by atoms with Crippen molar-refractivity contribution in [1.29, 1.82) is 0 Å². The lowest BCUT2D eigenvalue weighted by molar-refractivity contribution is -0.147. The molecule has 0 radical (unpaired) electrons. The first-order chi connectivity index (χ1) is 24.0. The lowest BCUT2D eigenvalue weighted by Crippen LogP contribution is -2.43. The number of para-hydroxylation sites is 1. The van der Waals surface area contributed by atoms with E-state index < -0.39 is 12.0 Å². The fourth-order valence-corrected chi connectivity index (χ4v) is 6.53. The smallest absolute Gasteiger partial charge is 0.322 e. The van der Waals surface area contributed by atoms with Gasteiger partial charge >= 0.3 is 5.97 Å². The number of hydrogen-bond acceptors (Lipinski definition) is 12. The van der Waals surface area contributed by atoms with Crippen LogP contribution in [0.2, 0.25) is 0 Å². The molecule has 0 unspecified atom stereocenters. The second-order valence-corrected chi connectivity index (χ2v) is 13.4. The Hall–Kier alpha value is -3.88. The second kappa shape index (κ2) is 19.3. The van der Waals surface area contributed by atoms with Crippen LogP contribution >= 0.6 is 0 Å². The van der Waals surface area contributed by atoms with Crippen molar-refractivity contribution in [1.82, 2.24) is 40.5 Å². The van der Waals surface area contributed by atoms with Gasteiger partial charge in [0.2, 0.25) is 11.9 Å². The zero-order chi connectivity index (χ0) is 34.3. The molecule has 14 nitrogen and oxygen atoms in total. The van der Waals surface area contributed by atoms with Crippen LogP contribution in [0.4, 0.5) is 11.8 Å². The molecule has 1 amide bonds. The van der Waals surface area contributed by atoms with Crippen molar-refractivity contribution < 1.29 is 14.3 Å². The molecule has 2 aromatic heterocycles. The minimum absolute atomic E-state index is 0.0294. The van der Waals surface area contributed by atoms with Crippen molar-refractivity contribution in [2.45, 2.75) is 95.8 Å². The number of carbonyl (C=O) groups excluding carboxylic acids is 2. The Morgan fingerprint density at radius 1 is 1.02 bits per heavy atom. The number of piperidine rings is 1. The van der Waals surface area contributed by atoms with Gasteiger partial charge in [0.05, 0.1) is 24.9 Å². The standard InChI is InChI=1S/C35H55N11O3/c1-37-17-7-18-38-19-8-20-46-24-28(43-44-46)23-39-35-41-31-12-6-5-11-29(31)33(42-35)40-27-15-21-45(22-16-27)32(47)14-13-30(36)34(48)49-25-26-9-3-2-4-10-26/h5-6,11-12,24,26-27,30,37-38H,2-4,7-10,13-23,25,36H2,1H3,(H2,39,40,41,42)/t30-/m0/s1. The number of nitrogens with one attached hydrogen (secondary N) is 4. The summed E-state index contributed by atoms with van der Waals surface area (Å²) < 4.78 is 7.35. The van der Waals surface area contributed by atoms with Crippen LogP contribution in [0.15, 0.2) is 30.5 Å². The fourth-order valence-electron chi connectivity index (χ4n) is 6.53. The molecule has 5 rings (SSSR count). The summed E-state index contributed by atoms with van der Waals surface area (Å²) >= 11 is 0. The monoisotopic (exact) mass is 677 g/mol. The minimum Gasteiger partial charge on any atom is -0.464 e. The van der Waals surface area contributed by atoms with E-state index in [4.69, 9.17) is 20.4 Å². The number of benzene rings is 1. The molecular weight excluding hydrogens is 622 g/mol. The molecule has 2 fully saturated rings. The number of hydrogen-bond donors (Lipinski definition) is 5. The fraction of sp³-hybridized carbons (Fsp3) is 0.657.